The van der Waals surface area contributed by atoms with Crippen molar-refractivity contribution in [1.82, 2.24) is 10.6 Å². The molecule has 0 radical (unpaired) electrons. The van der Waals surface area contributed by atoms with Gasteiger partial charge in [-0.25, -0.2) is 0 Å². The van der Waals surface area contributed by atoms with Gasteiger partial charge in [0.25, 0.3) is 5.69 Å². The van der Waals surface area contributed by atoms with Crippen LogP contribution in [-0.2, 0) is 9.53 Å². The highest BCUT2D eigenvalue weighted by atomic mass is 35.5. The van der Waals surface area contributed by atoms with Crippen LogP contribution in [0.3, 0.4) is 0 Å². The summed E-state index contributed by atoms with van der Waals surface area (Å²) in [5.74, 6) is -0.0821. The summed E-state index contributed by atoms with van der Waals surface area (Å²) >= 11 is 0. The number of carbonyl (C=O) groups is 1. The van der Waals surface area contributed by atoms with Gasteiger partial charge >= 0.3 is 0 Å². The fourth-order valence-electron chi connectivity index (χ4n) is 2.50. The summed E-state index contributed by atoms with van der Waals surface area (Å²) in [6, 6.07) is 6.19. The molecule has 0 aliphatic carbocycles. The van der Waals surface area contributed by atoms with Crippen molar-refractivity contribution in [2.45, 2.75) is 31.8 Å². The minimum atomic E-state index is -0.429. The summed E-state index contributed by atoms with van der Waals surface area (Å²) in [5, 5.41) is 17.0. The average Bonchev–Trinajstić information content (AvgIpc) is 2.53. The van der Waals surface area contributed by atoms with Crippen LogP contribution in [0.4, 0.5) is 5.69 Å². The van der Waals surface area contributed by atoms with Crippen LogP contribution < -0.4 is 10.6 Å². The molecule has 1 amide bonds. The average molecular weight is 344 g/mol. The zero-order valence-corrected chi connectivity index (χ0v) is 13.8. The van der Waals surface area contributed by atoms with Crippen molar-refractivity contribution in [2.75, 3.05) is 19.8 Å². The van der Waals surface area contributed by atoms with E-state index in [4.69, 9.17) is 4.74 Å². The number of amides is 1. The summed E-state index contributed by atoms with van der Waals surface area (Å²) in [7, 11) is 0. The molecule has 1 heterocycles. The normalized spacial score (nSPS) is 18.6. The topological polar surface area (TPSA) is 93.5 Å². The smallest absolute Gasteiger partial charge is 0.269 e. The fourth-order valence-corrected chi connectivity index (χ4v) is 2.50. The largest absolute Gasteiger partial charge is 0.378 e. The lowest BCUT2D eigenvalue weighted by atomic mass is 10.0. The van der Waals surface area contributed by atoms with Gasteiger partial charge < -0.3 is 15.4 Å². The van der Waals surface area contributed by atoms with Crippen molar-refractivity contribution in [3.63, 3.8) is 0 Å². The molecule has 0 saturated carbocycles. The molecule has 23 heavy (non-hydrogen) atoms. The molecule has 8 heteroatoms. The molecular weight excluding hydrogens is 322 g/mol. The summed E-state index contributed by atoms with van der Waals surface area (Å²) in [4.78, 5) is 22.5. The van der Waals surface area contributed by atoms with Crippen LogP contribution in [-0.4, -0.2) is 36.6 Å². The van der Waals surface area contributed by atoms with Gasteiger partial charge in [0, 0.05) is 31.1 Å². The van der Waals surface area contributed by atoms with Gasteiger partial charge in [0.1, 0.15) is 0 Å². The van der Waals surface area contributed by atoms with Crippen molar-refractivity contribution in [3.8, 4) is 0 Å². The van der Waals surface area contributed by atoms with Crippen molar-refractivity contribution < 1.29 is 14.5 Å². The Labute approximate surface area is 141 Å². The second-order valence-corrected chi connectivity index (χ2v) is 5.31. The minimum Gasteiger partial charge on any atom is -0.378 e. The number of ether oxygens (including phenoxy) is 1. The SMILES string of the molecule is CCC(NC(=O)CC1COCCN1)c1cccc([N+](=O)[O-])c1.Cl. The first kappa shape index (κ1) is 19.3. The summed E-state index contributed by atoms with van der Waals surface area (Å²) in [6.45, 7) is 3.89. The molecule has 1 aromatic rings. The Morgan fingerprint density at radius 1 is 1.57 bits per heavy atom. The Kier molecular flexibility index (Phi) is 7.94. The molecule has 0 spiro atoms. The van der Waals surface area contributed by atoms with E-state index >= 15 is 0 Å². The Morgan fingerprint density at radius 2 is 2.35 bits per heavy atom. The standard InChI is InChI=1S/C15H21N3O4.ClH/c1-2-14(11-4-3-5-13(8-11)18(20)21)17-15(19)9-12-10-22-7-6-16-12;/h3-5,8,12,14,16H,2,6-7,9-10H2,1H3,(H,17,19);1H. The van der Waals surface area contributed by atoms with E-state index in [9.17, 15) is 14.9 Å². The van der Waals surface area contributed by atoms with E-state index < -0.39 is 4.92 Å². The molecule has 2 N–H and O–H groups in total. The lowest BCUT2D eigenvalue weighted by molar-refractivity contribution is -0.384. The van der Waals surface area contributed by atoms with E-state index in [0.717, 1.165) is 12.1 Å². The Hall–Kier alpha value is -1.70. The number of nitrogens with one attached hydrogen (secondary N) is 2. The molecule has 1 aliphatic heterocycles. The maximum absolute atomic E-state index is 12.1. The number of hydrogen-bond donors (Lipinski definition) is 2. The molecule has 0 bridgehead atoms. The fraction of sp³-hybridized carbons (Fsp3) is 0.533. The third-order valence-corrected chi connectivity index (χ3v) is 3.66. The van der Waals surface area contributed by atoms with Crippen molar-refractivity contribution in [3.05, 3.63) is 39.9 Å². The second kappa shape index (κ2) is 9.44. The third kappa shape index (κ3) is 5.78. The Balaban J connectivity index is 0.00000264. The van der Waals surface area contributed by atoms with Gasteiger partial charge in [0.15, 0.2) is 0 Å². The summed E-state index contributed by atoms with van der Waals surface area (Å²) in [6.07, 6.45) is 1.01. The maximum atomic E-state index is 12.1. The number of morpholine rings is 1. The first-order valence-electron chi connectivity index (χ1n) is 7.45. The number of carbonyl (C=O) groups excluding carboxylic acids is 1. The monoisotopic (exact) mass is 343 g/mol. The highest BCUT2D eigenvalue weighted by Crippen LogP contribution is 2.21. The zero-order valence-electron chi connectivity index (χ0n) is 13.0. The van der Waals surface area contributed by atoms with Crippen LogP contribution in [0.2, 0.25) is 0 Å². The van der Waals surface area contributed by atoms with Crippen LogP contribution in [0.25, 0.3) is 0 Å². The number of non-ortho nitro benzene ring substituents is 1. The lowest BCUT2D eigenvalue weighted by Crippen LogP contribution is -2.44. The Morgan fingerprint density at radius 3 is 2.96 bits per heavy atom. The van der Waals surface area contributed by atoms with Gasteiger partial charge in [-0.15, -0.1) is 12.4 Å². The number of halogens is 1. The quantitative estimate of drug-likeness (QED) is 0.608. The first-order valence-corrected chi connectivity index (χ1v) is 7.45. The van der Waals surface area contributed by atoms with Gasteiger partial charge in [-0.1, -0.05) is 19.1 Å². The third-order valence-electron chi connectivity index (χ3n) is 3.66. The van der Waals surface area contributed by atoms with Gasteiger partial charge in [0.2, 0.25) is 5.91 Å². The second-order valence-electron chi connectivity index (χ2n) is 5.31. The molecule has 2 unspecified atom stereocenters. The van der Waals surface area contributed by atoms with E-state index in [2.05, 4.69) is 10.6 Å². The highest BCUT2D eigenvalue weighted by molar-refractivity contribution is 5.85. The predicted octanol–water partition coefficient (Wildman–Crippen LogP) is 1.96. The predicted molar refractivity (Wildman–Crippen MR) is 88.7 cm³/mol. The van der Waals surface area contributed by atoms with Crippen LogP contribution in [0, 0.1) is 10.1 Å². The zero-order chi connectivity index (χ0) is 15.9. The summed E-state index contributed by atoms with van der Waals surface area (Å²) in [5.41, 5.74) is 0.783. The summed E-state index contributed by atoms with van der Waals surface area (Å²) < 4.78 is 5.32. The number of rotatable bonds is 6. The number of benzene rings is 1. The molecular formula is C15H22ClN3O4. The highest BCUT2D eigenvalue weighted by Gasteiger charge is 2.20. The number of hydrogen-bond acceptors (Lipinski definition) is 5. The van der Waals surface area contributed by atoms with E-state index in [1.807, 2.05) is 6.92 Å². The van der Waals surface area contributed by atoms with E-state index in [1.165, 1.54) is 12.1 Å². The van der Waals surface area contributed by atoms with Gasteiger partial charge in [0.05, 0.1) is 24.2 Å². The van der Waals surface area contributed by atoms with Gasteiger partial charge in [-0.05, 0) is 12.0 Å². The Bertz CT molecular complexity index is 535. The van der Waals surface area contributed by atoms with E-state index in [1.54, 1.807) is 12.1 Å². The number of nitro benzene ring substituents is 1. The molecule has 1 aromatic carbocycles. The molecule has 1 saturated heterocycles. The van der Waals surface area contributed by atoms with Crippen LogP contribution in [0.1, 0.15) is 31.4 Å². The minimum absolute atomic E-state index is 0. The maximum Gasteiger partial charge on any atom is 0.269 e. The van der Waals surface area contributed by atoms with Crippen molar-refractivity contribution in [2.24, 2.45) is 0 Å². The first-order chi connectivity index (χ1) is 10.6. The molecule has 1 aliphatic rings. The van der Waals surface area contributed by atoms with Crippen molar-refractivity contribution >= 4 is 24.0 Å². The van der Waals surface area contributed by atoms with Crippen LogP contribution in [0.15, 0.2) is 24.3 Å². The van der Waals surface area contributed by atoms with E-state index in [0.29, 0.717) is 26.1 Å². The van der Waals surface area contributed by atoms with Gasteiger partial charge in [-0.3, -0.25) is 14.9 Å². The molecule has 7 nitrogen and oxygen atoms in total. The van der Waals surface area contributed by atoms with Gasteiger partial charge in [-0.2, -0.15) is 0 Å². The van der Waals surface area contributed by atoms with Crippen molar-refractivity contribution in [1.29, 1.82) is 0 Å². The number of nitrogens with zero attached hydrogens (tertiary/aromatic N) is 1. The van der Waals surface area contributed by atoms with E-state index in [-0.39, 0.29) is 36.1 Å². The molecule has 2 rings (SSSR count). The molecule has 2 atom stereocenters. The molecule has 128 valence electrons. The number of nitro groups is 1. The van der Waals surface area contributed by atoms with Crippen LogP contribution >= 0.6 is 12.4 Å². The van der Waals surface area contributed by atoms with Crippen LogP contribution in [0.5, 0.6) is 0 Å². The lowest BCUT2D eigenvalue weighted by Gasteiger charge is -2.24. The molecule has 1 fully saturated rings. The molecule has 0 aromatic heterocycles.